The number of hydrogen-bond acceptors (Lipinski definition) is 0. The maximum absolute atomic E-state index is 2.52. The Morgan fingerprint density at radius 1 is 1.57 bits per heavy atom. The molecule has 0 amide bonds. The van der Waals surface area contributed by atoms with Crippen LogP contribution in [0.4, 0.5) is 0 Å². The average Bonchev–Trinajstić information content (AvgIpc) is 2.09. The highest BCUT2D eigenvalue weighted by Crippen LogP contribution is 2.71. The van der Waals surface area contributed by atoms with Crippen LogP contribution in [0.3, 0.4) is 0 Å². The summed E-state index contributed by atoms with van der Waals surface area (Å²) < 4.78 is 0. The lowest BCUT2D eigenvalue weighted by atomic mass is 10.3. The van der Waals surface area contributed by atoms with Crippen LogP contribution < -0.4 is 0 Å². The summed E-state index contributed by atoms with van der Waals surface area (Å²) in [5, 5.41) is 1.24. The van der Waals surface area contributed by atoms with E-state index in [4.69, 9.17) is 0 Å². The van der Waals surface area contributed by atoms with Gasteiger partial charge >= 0.3 is 0 Å². The van der Waals surface area contributed by atoms with Crippen LogP contribution in [-0.2, 0) is 0 Å². The second-order valence-corrected chi connectivity index (χ2v) is 7.09. The van der Waals surface area contributed by atoms with Crippen LogP contribution in [0.5, 0.6) is 0 Å². The fourth-order valence-electron chi connectivity index (χ4n) is 1.64. The van der Waals surface area contributed by atoms with Crippen LogP contribution in [0, 0.1) is 0 Å². The number of rotatable bonds is 0. The van der Waals surface area contributed by atoms with Crippen molar-refractivity contribution in [1.29, 1.82) is 0 Å². The molecule has 2 atom stereocenters. The highest BCUT2D eigenvalue weighted by molar-refractivity contribution is 8.39. The summed E-state index contributed by atoms with van der Waals surface area (Å²) in [4.78, 5) is 0. The first-order chi connectivity index (χ1) is 3.31. The first-order valence-electron chi connectivity index (χ1n) is 3.04. The monoisotopic (exact) mass is 116 g/mol. The van der Waals surface area contributed by atoms with Crippen LogP contribution in [0.25, 0.3) is 0 Å². The standard InChI is InChI=1S/C6H12S/c1-7-4-2-3-6(7)5-7/h6H,2-5H2,1H3. The van der Waals surface area contributed by atoms with E-state index in [2.05, 4.69) is 6.26 Å². The predicted octanol–water partition coefficient (Wildman–Crippen LogP) is 1.60. The maximum atomic E-state index is 2.52. The molecule has 0 bridgehead atoms. The molecule has 42 valence electrons. The number of hydrogen-bond donors (Lipinski definition) is 0. The molecule has 0 nitrogen and oxygen atoms in total. The van der Waals surface area contributed by atoms with Crippen molar-refractivity contribution in [2.24, 2.45) is 0 Å². The van der Waals surface area contributed by atoms with Gasteiger partial charge in [-0.1, -0.05) is 0 Å². The second-order valence-electron chi connectivity index (χ2n) is 2.99. The lowest BCUT2D eigenvalue weighted by Crippen LogP contribution is -1.79. The summed E-state index contributed by atoms with van der Waals surface area (Å²) in [5.74, 6) is 3.24. The van der Waals surface area contributed by atoms with E-state index in [-0.39, 0.29) is 10.0 Å². The van der Waals surface area contributed by atoms with E-state index in [1.807, 2.05) is 0 Å². The quantitative estimate of drug-likeness (QED) is 0.422. The zero-order valence-corrected chi connectivity index (χ0v) is 5.63. The molecule has 2 rings (SSSR count). The smallest absolute Gasteiger partial charge is 0.00372 e. The molecule has 0 spiro atoms. The van der Waals surface area contributed by atoms with Crippen molar-refractivity contribution in [3.8, 4) is 0 Å². The SMILES string of the molecule is CS12CCCC1C2. The van der Waals surface area contributed by atoms with Gasteiger partial charge in [0.1, 0.15) is 0 Å². The fourth-order valence-corrected chi connectivity index (χ4v) is 5.34. The molecule has 2 aliphatic rings. The van der Waals surface area contributed by atoms with Crippen molar-refractivity contribution in [3.05, 3.63) is 0 Å². The van der Waals surface area contributed by atoms with E-state index >= 15 is 0 Å². The van der Waals surface area contributed by atoms with Crippen molar-refractivity contribution < 1.29 is 0 Å². The van der Waals surface area contributed by atoms with Crippen molar-refractivity contribution in [2.45, 2.75) is 18.1 Å². The Morgan fingerprint density at radius 2 is 2.43 bits per heavy atom. The Balaban J connectivity index is 2.17. The molecule has 0 N–H and O–H groups in total. The second kappa shape index (κ2) is 1.02. The van der Waals surface area contributed by atoms with Gasteiger partial charge in [-0.2, -0.15) is 0 Å². The molecule has 2 fully saturated rings. The first-order valence-corrected chi connectivity index (χ1v) is 5.48. The summed E-state index contributed by atoms with van der Waals surface area (Å²) >= 11 is 0. The zero-order chi connectivity index (χ0) is 4.91. The van der Waals surface area contributed by atoms with Gasteiger partial charge in [0.15, 0.2) is 0 Å². The minimum atomic E-state index is 0.120. The Labute approximate surface area is 46.6 Å². The van der Waals surface area contributed by atoms with Gasteiger partial charge in [0.05, 0.1) is 0 Å². The summed E-state index contributed by atoms with van der Waals surface area (Å²) in [6.07, 6.45) is 5.65. The fraction of sp³-hybridized carbons (Fsp3) is 1.00. The van der Waals surface area contributed by atoms with Crippen molar-refractivity contribution in [3.63, 3.8) is 0 Å². The molecular weight excluding hydrogens is 104 g/mol. The normalized spacial score (nSPS) is 66.1. The van der Waals surface area contributed by atoms with E-state index in [0.717, 1.165) is 0 Å². The lowest BCUT2D eigenvalue weighted by molar-refractivity contribution is 0.860. The molecule has 0 saturated carbocycles. The summed E-state index contributed by atoms with van der Waals surface area (Å²) in [7, 11) is 0.120. The molecule has 0 aliphatic carbocycles. The van der Waals surface area contributed by atoms with Gasteiger partial charge in [-0.15, -0.1) is 0 Å². The van der Waals surface area contributed by atoms with E-state index in [1.165, 1.54) is 5.25 Å². The van der Waals surface area contributed by atoms with Gasteiger partial charge in [0.2, 0.25) is 0 Å². The van der Waals surface area contributed by atoms with Gasteiger partial charge in [0, 0.05) is 0 Å². The van der Waals surface area contributed by atoms with Crippen LogP contribution in [0.15, 0.2) is 0 Å². The van der Waals surface area contributed by atoms with Crippen molar-refractivity contribution in [2.75, 3.05) is 17.8 Å². The molecular formula is C6H12S. The van der Waals surface area contributed by atoms with Crippen LogP contribution in [0.1, 0.15) is 12.8 Å². The molecule has 7 heavy (non-hydrogen) atoms. The predicted molar refractivity (Wildman–Crippen MR) is 36.3 cm³/mol. The number of fused-ring (bicyclic) bond motifs is 1. The van der Waals surface area contributed by atoms with E-state index in [1.54, 1.807) is 24.3 Å². The third-order valence-corrected chi connectivity index (χ3v) is 6.36. The molecule has 0 aromatic carbocycles. The Bertz CT molecular complexity index is 98.4. The Morgan fingerprint density at radius 3 is 2.57 bits per heavy atom. The minimum Gasteiger partial charge on any atom is -0.239 e. The highest BCUT2D eigenvalue weighted by Gasteiger charge is 2.47. The molecule has 1 heteroatoms. The van der Waals surface area contributed by atoms with Gasteiger partial charge < -0.3 is 0 Å². The molecule has 0 aromatic rings. The lowest BCUT2D eigenvalue weighted by Gasteiger charge is -2.05. The van der Waals surface area contributed by atoms with Crippen molar-refractivity contribution >= 4 is 10.0 Å². The van der Waals surface area contributed by atoms with E-state index in [9.17, 15) is 0 Å². The molecule has 2 heterocycles. The third-order valence-electron chi connectivity index (χ3n) is 2.39. The van der Waals surface area contributed by atoms with E-state index < -0.39 is 0 Å². The Hall–Kier alpha value is 0.350. The van der Waals surface area contributed by atoms with Gasteiger partial charge in [-0.25, -0.2) is 10.0 Å². The maximum Gasteiger partial charge on any atom is -0.00372 e. The average molecular weight is 116 g/mol. The molecule has 2 unspecified atom stereocenters. The highest BCUT2D eigenvalue weighted by atomic mass is 32.3. The summed E-state index contributed by atoms with van der Waals surface area (Å²) in [6, 6.07) is 0. The third kappa shape index (κ3) is 0.449. The Kier molecular flexibility index (Phi) is 0.619. The molecule has 2 saturated heterocycles. The first kappa shape index (κ1) is 4.25. The van der Waals surface area contributed by atoms with Crippen LogP contribution in [-0.4, -0.2) is 23.0 Å². The minimum absolute atomic E-state index is 0.120. The summed E-state index contributed by atoms with van der Waals surface area (Å²) in [5.41, 5.74) is 0. The summed E-state index contributed by atoms with van der Waals surface area (Å²) in [6.45, 7) is 0. The molecule has 0 aromatic heterocycles. The van der Waals surface area contributed by atoms with Gasteiger partial charge in [0.25, 0.3) is 0 Å². The van der Waals surface area contributed by atoms with Crippen LogP contribution >= 0.6 is 10.0 Å². The largest absolute Gasteiger partial charge is 0.239 e. The van der Waals surface area contributed by atoms with E-state index in [0.29, 0.717) is 0 Å². The van der Waals surface area contributed by atoms with Gasteiger partial charge in [-0.3, -0.25) is 0 Å². The topological polar surface area (TPSA) is 0 Å². The van der Waals surface area contributed by atoms with Crippen LogP contribution in [0.2, 0.25) is 0 Å². The van der Waals surface area contributed by atoms with Gasteiger partial charge in [-0.05, 0) is 35.9 Å². The molecule has 2 aliphatic heterocycles. The van der Waals surface area contributed by atoms with Crippen molar-refractivity contribution in [1.82, 2.24) is 0 Å². The molecule has 0 radical (unpaired) electrons. The zero-order valence-electron chi connectivity index (χ0n) is 4.81.